The number of nitrogens with zero attached hydrogens (tertiary/aromatic N) is 2. The summed E-state index contributed by atoms with van der Waals surface area (Å²) >= 11 is 0. The van der Waals surface area contributed by atoms with Crippen molar-refractivity contribution in [1.82, 2.24) is 9.55 Å². The summed E-state index contributed by atoms with van der Waals surface area (Å²) in [4.78, 5) is 15.2. The van der Waals surface area contributed by atoms with Crippen LogP contribution in [0.3, 0.4) is 0 Å². The van der Waals surface area contributed by atoms with E-state index in [1.165, 1.54) is 12.1 Å². The van der Waals surface area contributed by atoms with Crippen molar-refractivity contribution in [3.05, 3.63) is 60.2 Å². The molecule has 1 heterocycles. The van der Waals surface area contributed by atoms with E-state index in [4.69, 9.17) is 5.73 Å². The van der Waals surface area contributed by atoms with E-state index in [1.807, 2.05) is 24.3 Å². The van der Waals surface area contributed by atoms with Gasteiger partial charge in [-0.2, -0.15) is 0 Å². The van der Waals surface area contributed by atoms with Gasteiger partial charge in [0.1, 0.15) is 12.1 Å². The van der Waals surface area contributed by atoms with Gasteiger partial charge in [-0.1, -0.05) is 12.1 Å². The van der Waals surface area contributed by atoms with Gasteiger partial charge in [0.25, 0.3) is 0 Å². The minimum Gasteiger partial charge on any atom is -0.366 e. The number of para-hydroxylation sites is 2. The first-order valence-electron chi connectivity index (χ1n) is 5.68. The number of halogens is 1. The van der Waals surface area contributed by atoms with E-state index in [9.17, 15) is 9.18 Å². The molecule has 19 heavy (non-hydrogen) atoms. The van der Waals surface area contributed by atoms with Crippen molar-refractivity contribution in [2.75, 3.05) is 0 Å². The third kappa shape index (κ3) is 1.85. The molecule has 0 aliphatic carbocycles. The monoisotopic (exact) mass is 255 g/mol. The molecule has 94 valence electrons. The maximum absolute atomic E-state index is 14.0. The van der Waals surface area contributed by atoms with Crippen molar-refractivity contribution < 1.29 is 9.18 Å². The fourth-order valence-corrected chi connectivity index (χ4v) is 2.01. The number of primary amides is 1. The lowest BCUT2D eigenvalue weighted by atomic mass is 10.2. The third-order valence-electron chi connectivity index (χ3n) is 2.95. The molecule has 0 radical (unpaired) electrons. The molecular formula is C14H10FN3O. The summed E-state index contributed by atoms with van der Waals surface area (Å²) in [6.45, 7) is 0. The second-order valence-corrected chi connectivity index (χ2v) is 4.13. The average molecular weight is 255 g/mol. The lowest BCUT2D eigenvalue weighted by molar-refractivity contribution is 0.1000. The molecule has 0 saturated heterocycles. The van der Waals surface area contributed by atoms with Crippen LogP contribution in [0, 0.1) is 5.82 Å². The molecule has 2 aromatic carbocycles. The van der Waals surface area contributed by atoms with E-state index in [0.717, 1.165) is 17.1 Å². The van der Waals surface area contributed by atoms with Crippen LogP contribution in [0.2, 0.25) is 0 Å². The highest BCUT2D eigenvalue weighted by molar-refractivity contribution is 5.93. The lowest BCUT2D eigenvalue weighted by Gasteiger charge is -2.06. The summed E-state index contributed by atoms with van der Waals surface area (Å²) in [6.07, 6.45) is 1.55. The molecule has 3 aromatic rings. The molecular weight excluding hydrogens is 245 g/mol. The van der Waals surface area contributed by atoms with Gasteiger partial charge in [-0.15, -0.1) is 0 Å². The average Bonchev–Trinajstić information content (AvgIpc) is 2.82. The Kier molecular flexibility index (Phi) is 2.52. The zero-order valence-corrected chi connectivity index (χ0v) is 9.88. The van der Waals surface area contributed by atoms with Gasteiger partial charge in [0.2, 0.25) is 5.91 Å². The summed E-state index contributed by atoms with van der Waals surface area (Å²) in [5.41, 5.74) is 7.17. The minimum atomic E-state index is -0.652. The Morgan fingerprint density at radius 1 is 1.21 bits per heavy atom. The summed E-state index contributed by atoms with van der Waals surface area (Å²) in [7, 11) is 0. The van der Waals surface area contributed by atoms with Crippen molar-refractivity contribution >= 4 is 16.9 Å². The highest BCUT2D eigenvalue weighted by atomic mass is 19.1. The molecule has 4 nitrogen and oxygen atoms in total. The molecule has 0 spiro atoms. The Bertz CT molecular complexity index is 779. The molecule has 1 aromatic heterocycles. The van der Waals surface area contributed by atoms with Crippen LogP contribution in [0.4, 0.5) is 4.39 Å². The number of fused-ring (bicyclic) bond motifs is 1. The van der Waals surface area contributed by atoms with Crippen molar-refractivity contribution in [2.45, 2.75) is 0 Å². The van der Waals surface area contributed by atoms with Gasteiger partial charge in [0, 0.05) is 5.56 Å². The number of carbonyl (C=O) groups is 1. The van der Waals surface area contributed by atoms with Crippen LogP contribution in [0.1, 0.15) is 10.4 Å². The molecule has 0 aliphatic heterocycles. The maximum Gasteiger partial charge on any atom is 0.248 e. The quantitative estimate of drug-likeness (QED) is 0.763. The fourth-order valence-electron chi connectivity index (χ4n) is 2.01. The SMILES string of the molecule is NC(=O)c1ccc(-n2cnc3ccccc32)c(F)c1. The van der Waals surface area contributed by atoms with E-state index in [0.29, 0.717) is 5.69 Å². The number of benzene rings is 2. The molecule has 1 amide bonds. The highest BCUT2D eigenvalue weighted by Gasteiger charge is 2.11. The van der Waals surface area contributed by atoms with Crippen LogP contribution in [0.15, 0.2) is 48.8 Å². The molecule has 5 heteroatoms. The van der Waals surface area contributed by atoms with Crippen LogP contribution in [0.25, 0.3) is 16.7 Å². The van der Waals surface area contributed by atoms with Gasteiger partial charge in [-0.05, 0) is 30.3 Å². The van der Waals surface area contributed by atoms with Crippen LogP contribution in [-0.2, 0) is 0 Å². The van der Waals surface area contributed by atoms with Crippen LogP contribution < -0.4 is 5.73 Å². The molecule has 3 rings (SSSR count). The number of rotatable bonds is 2. The predicted octanol–water partition coefficient (Wildman–Crippen LogP) is 2.26. The normalized spacial score (nSPS) is 10.8. The van der Waals surface area contributed by atoms with Gasteiger partial charge < -0.3 is 5.73 Å². The van der Waals surface area contributed by atoms with Gasteiger partial charge in [-0.3, -0.25) is 9.36 Å². The van der Waals surface area contributed by atoms with Crippen molar-refractivity contribution in [3.63, 3.8) is 0 Å². The summed E-state index contributed by atoms with van der Waals surface area (Å²) in [5.74, 6) is -1.17. The van der Waals surface area contributed by atoms with Gasteiger partial charge >= 0.3 is 0 Å². The lowest BCUT2D eigenvalue weighted by Crippen LogP contribution is -2.11. The Morgan fingerprint density at radius 3 is 2.74 bits per heavy atom. The number of carbonyl (C=O) groups excluding carboxylic acids is 1. The number of imidazole rings is 1. The number of hydrogen-bond acceptors (Lipinski definition) is 2. The Morgan fingerprint density at radius 2 is 2.00 bits per heavy atom. The zero-order chi connectivity index (χ0) is 13.4. The van der Waals surface area contributed by atoms with Gasteiger partial charge in [-0.25, -0.2) is 9.37 Å². The topological polar surface area (TPSA) is 60.9 Å². The van der Waals surface area contributed by atoms with Crippen molar-refractivity contribution in [3.8, 4) is 5.69 Å². The molecule has 0 unspecified atom stereocenters. The van der Waals surface area contributed by atoms with E-state index < -0.39 is 11.7 Å². The van der Waals surface area contributed by atoms with Crippen LogP contribution in [-0.4, -0.2) is 15.5 Å². The third-order valence-corrected chi connectivity index (χ3v) is 2.95. The smallest absolute Gasteiger partial charge is 0.248 e. The van der Waals surface area contributed by atoms with E-state index in [2.05, 4.69) is 4.98 Å². The first-order valence-corrected chi connectivity index (χ1v) is 5.68. The standard InChI is InChI=1S/C14H10FN3O/c15-10-7-9(14(16)19)5-6-12(10)18-8-17-11-3-1-2-4-13(11)18/h1-8H,(H2,16,19). The first kappa shape index (κ1) is 11.4. The highest BCUT2D eigenvalue weighted by Crippen LogP contribution is 2.21. The van der Waals surface area contributed by atoms with E-state index >= 15 is 0 Å². The molecule has 0 aliphatic rings. The Labute approximate surface area is 108 Å². The molecule has 0 fully saturated rings. The fraction of sp³-hybridized carbons (Fsp3) is 0. The second-order valence-electron chi connectivity index (χ2n) is 4.13. The molecule has 2 N–H and O–H groups in total. The number of nitrogens with two attached hydrogens (primary N) is 1. The number of amides is 1. The number of aromatic nitrogens is 2. The predicted molar refractivity (Wildman–Crippen MR) is 69.5 cm³/mol. The Balaban J connectivity index is 2.19. The van der Waals surface area contributed by atoms with E-state index in [1.54, 1.807) is 10.9 Å². The van der Waals surface area contributed by atoms with E-state index in [-0.39, 0.29) is 5.56 Å². The maximum atomic E-state index is 14.0. The molecule has 0 saturated carbocycles. The van der Waals surface area contributed by atoms with Crippen molar-refractivity contribution in [1.29, 1.82) is 0 Å². The second kappa shape index (κ2) is 4.20. The zero-order valence-electron chi connectivity index (χ0n) is 9.88. The van der Waals surface area contributed by atoms with Gasteiger partial charge in [0.05, 0.1) is 16.7 Å². The van der Waals surface area contributed by atoms with Crippen molar-refractivity contribution in [2.24, 2.45) is 5.73 Å². The largest absolute Gasteiger partial charge is 0.366 e. The molecule has 0 bridgehead atoms. The number of hydrogen-bond donors (Lipinski definition) is 1. The van der Waals surface area contributed by atoms with Gasteiger partial charge in [0.15, 0.2) is 0 Å². The summed E-state index contributed by atoms with van der Waals surface area (Å²) in [5, 5.41) is 0. The summed E-state index contributed by atoms with van der Waals surface area (Å²) in [6, 6.07) is 11.6. The summed E-state index contributed by atoms with van der Waals surface area (Å²) < 4.78 is 15.7. The Hall–Kier alpha value is -2.69. The van der Waals surface area contributed by atoms with Crippen LogP contribution in [0.5, 0.6) is 0 Å². The molecule has 0 atom stereocenters. The first-order chi connectivity index (χ1) is 9.16. The van der Waals surface area contributed by atoms with Crippen LogP contribution >= 0.6 is 0 Å². The minimum absolute atomic E-state index is 0.144.